The van der Waals surface area contributed by atoms with Gasteiger partial charge in [0.15, 0.2) is 0 Å². The fourth-order valence-electron chi connectivity index (χ4n) is 2.01. The highest BCUT2D eigenvalue weighted by Crippen LogP contribution is 2.19. The van der Waals surface area contributed by atoms with Gasteiger partial charge in [-0.25, -0.2) is 0 Å². The molecule has 0 bridgehead atoms. The van der Waals surface area contributed by atoms with Crippen molar-refractivity contribution in [3.8, 4) is 5.75 Å². The molecule has 0 aliphatic rings. The van der Waals surface area contributed by atoms with Crippen LogP contribution in [0.3, 0.4) is 0 Å². The zero-order valence-corrected chi connectivity index (χ0v) is 12.9. The molecule has 4 heteroatoms. The molecule has 108 valence electrons. The van der Waals surface area contributed by atoms with Gasteiger partial charge >= 0.3 is 0 Å². The van der Waals surface area contributed by atoms with Crippen LogP contribution in [0.15, 0.2) is 41.8 Å². The Labute approximate surface area is 125 Å². The molecule has 1 heterocycles. The first kappa shape index (κ1) is 14.9. The van der Waals surface area contributed by atoms with E-state index in [0.717, 1.165) is 18.7 Å². The van der Waals surface area contributed by atoms with Crippen molar-refractivity contribution in [2.75, 3.05) is 25.9 Å². The number of nitrogen functional groups attached to an aromatic ring is 1. The quantitative estimate of drug-likeness (QED) is 0.795. The molecule has 2 aromatic rings. The summed E-state index contributed by atoms with van der Waals surface area (Å²) in [6.45, 7) is 3.79. The predicted molar refractivity (Wildman–Crippen MR) is 86.5 cm³/mol. The predicted octanol–water partition coefficient (Wildman–Crippen LogP) is 3.27. The molecule has 0 saturated carbocycles. The van der Waals surface area contributed by atoms with Crippen LogP contribution in [0.2, 0.25) is 0 Å². The molecule has 0 amide bonds. The molecule has 1 atom stereocenters. The zero-order valence-electron chi connectivity index (χ0n) is 12.1. The Morgan fingerprint density at radius 3 is 2.75 bits per heavy atom. The normalized spacial score (nSPS) is 12.6. The Morgan fingerprint density at radius 2 is 2.05 bits per heavy atom. The van der Waals surface area contributed by atoms with Gasteiger partial charge in [-0.3, -0.25) is 4.90 Å². The number of para-hydroxylation sites is 2. The standard InChI is InChI=1S/C16H22N2OS/c1-13(12-14-6-5-11-20-14)18(2)9-10-19-16-8-4-3-7-15(16)17/h3-8,11,13H,9-10,12,17H2,1-2H3. The topological polar surface area (TPSA) is 38.5 Å². The molecule has 1 unspecified atom stereocenters. The fourth-order valence-corrected chi connectivity index (χ4v) is 2.83. The summed E-state index contributed by atoms with van der Waals surface area (Å²) in [6, 6.07) is 12.4. The van der Waals surface area contributed by atoms with Gasteiger partial charge in [0.2, 0.25) is 0 Å². The Morgan fingerprint density at radius 1 is 1.25 bits per heavy atom. The average molecular weight is 290 g/mol. The summed E-state index contributed by atoms with van der Waals surface area (Å²) in [7, 11) is 2.13. The second-order valence-electron chi connectivity index (χ2n) is 5.00. The van der Waals surface area contributed by atoms with Gasteiger partial charge in [-0.1, -0.05) is 18.2 Å². The van der Waals surface area contributed by atoms with Crippen LogP contribution in [0, 0.1) is 0 Å². The van der Waals surface area contributed by atoms with E-state index in [1.165, 1.54) is 4.88 Å². The van der Waals surface area contributed by atoms with Gasteiger partial charge in [0, 0.05) is 17.5 Å². The third-order valence-corrected chi connectivity index (χ3v) is 4.35. The summed E-state index contributed by atoms with van der Waals surface area (Å²) >= 11 is 1.82. The number of nitrogens with zero attached hydrogens (tertiary/aromatic N) is 1. The number of ether oxygens (including phenoxy) is 1. The maximum Gasteiger partial charge on any atom is 0.142 e. The maximum atomic E-state index is 5.85. The van der Waals surface area contributed by atoms with E-state index < -0.39 is 0 Å². The first-order valence-corrected chi connectivity index (χ1v) is 7.74. The highest BCUT2D eigenvalue weighted by molar-refractivity contribution is 7.09. The smallest absolute Gasteiger partial charge is 0.142 e. The van der Waals surface area contributed by atoms with Crippen molar-refractivity contribution in [1.29, 1.82) is 0 Å². The second kappa shape index (κ2) is 7.31. The lowest BCUT2D eigenvalue weighted by molar-refractivity contribution is 0.200. The van der Waals surface area contributed by atoms with Gasteiger partial charge < -0.3 is 10.5 Å². The Kier molecular flexibility index (Phi) is 5.44. The van der Waals surface area contributed by atoms with E-state index in [4.69, 9.17) is 10.5 Å². The first-order valence-electron chi connectivity index (χ1n) is 6.86. The molecule has 0 aliphatic heterocycles. The molecule has 0 saturated heterocycles. The van der Waals surface area contributed by atoms with E-state index in [1.54, 1.807) is 0 Å². The second-order valence-corrected chi connectivity index (χ2v) is 6.03. The minimum atomic E-state index is 0.505. The maximum absolute atomic E-state index is 5.85. The summed E-state index contributed by atoms with van der Waals surface area (Å²) in [5, 5.41) is 2.13. The van der Waals surface area contributed by atoms with Crippen LogP contribution in [0.4, 0.5) is 5.69 Å². The van der Waals surface area contributed by atoms with E-state index in [2.05, 4.69) is 36.4 Å². The molecular formula is C16H22N2OS. The fraction of sp³-hybridized carbons (Fsp3) is 0.375. The van der Waals surface area contributed by atoms with Gasteiger partial charge in [0.05, 0.1) is 5.69 Å². The van der Waals surface area contributed by atoms with E-state index in [0.29, 0.717) is 18.3 Å². The number of hydrogen-bond acceptors (Lipinski definition) is 4. The van der Waals surface area contributed by atoms with E-state index in [-0.39, 0.29) is 0 Å². The molecule has 0 fully saturated rings. The molecular weight excluding hydrogens is 268 g/mol. The van der Waals surface area contributed by atoms with Crippen molar-refractivity contribution < 1.29 is 4.74 Å². The summed E-state index contributed by atoms with van der Waals surface area (Å²) in [5.41, 5.74) is 6.55. The Balaban J connectivity index is 1.74. The summed E-state index contributed by atoms with van der Waals surface area (Å²) in [4.78, 5) is 3.75. The molecule has 2 rings (SSSR count). The van der Waals surface area contributed by atoms with Crippen molar-refractivity contribution >= 4 is 17.0 Å². The SMILES string of the molecule is CC(Cc1cccs1)N(C)CCOc1ccccc1N. The highest BCUT2D eigenvalue weighted by Gasteiger charge is 2.10. The first-order chi connectivity index (χ1) is 9.66. The average Bonchev–Trinajstić information content (AvgIpc) is 2.93. The lowest BCUT2D eigenvalue weighted by Gasteiger charge is -2.24. The van der Waals surface area contributed by atoms with Gasteiger partial charge in [-0.05, 0) is 44.0 Å². The van der Waals surface area contributed by atoms with Crippen molar-refractivity contribution in [2.45, 2.75) is 19.4 Å². The molecule has 20 heavy (non-hydrogen) atoms. The highest BCUT2D eigenvalue weighted by atomic mass is 32.1. The van der Waals surface area contributed by atoms with Crippen molar-refractivity contribution in [1.82, 2.24) is 4.90 Å². The number of nitrogens with two attached hydrogens (primary N) is 1. The van der Waals surface area contributed by atoms with E-state index in [9.17, 15) is 0 Å². The van der Waals surface area contributed by atoms with Gasteiger partial charge in [0.1, 0.15) is 12.4 Å². The number of rotatable bonds is 7. The third-order valence-electron chi connectivity index (χ3n) is 3.45. The van der Waals surface area contributed by atoms with Crippen LogP contribution in [-0.4, -0.2) is 31.1 Å². The Bertz CT molecular complexity index is 513. The van der Waals surface area contributed by atoms with E-state index in [1.807, 2.05) is 35.6 Å². The minimum absolute atomic E-state index is 0.505. The van der Waals surface area contributed by atoms with Gasteiger partial charge in [0.25, 0.3) is 0 Å². The number of benzene rings is 1. The Hall–Kier alpha value is -1.52. The largest absolute Gasteiger partial charge is 0.490 e. The molecule has 3 nitrogen and oxygen atoms in total. The zero-order chi connectivity index (χ0) is 14.4. The molecule has 1 aromatic heterocycles. The van der Waals surface area contributed by atoms with Gasteiger partial charge in [-0.15, -0.1) is 11.3 Å². The summed E-state index contributed by atoms with van der Waals surface area (Å²) < 4.78 is 5.73. The van der Waals surface area contributed by atoms with Crippen LogP contribution in [0.5, 0.6) is 5.75 Å². The number of anilines is 1. The van der Waals surface area contributed by atoms with Crippen LogP contribution in [0.25, 0.3) is 0 Å². The lowest BCUT2D eigenvalue weighted by Crippen LogP contribution is -2.34. The molecule has 0 spiro atoms. The molecule has 0 aliphatic carbocycles. The number of thiophene rings is 1. The number of likely N-dealkylation sites (N-methyl/N-ethyl adjacent to an activating group) is 1. The van der Waals surface area contributed by atoms with Crippen molar-refractivity contribution in [3.63, 3.8) is 0 Å². The van der Waals surface area contributed by atoms with Crippen LogP contribution in [0.1, 0.15) is 11.8 Å². The van der Waals surface area contributed by atoms with Crippen LogP contribution in [-0.2, 0) is 6.42 Å². The molecule has 1 aromatic carbocycles. The summed E-state index contributed by atoms with van der Waals surface area (Å²) in [6.07, 6.45) is 1.08. The minimum Gasteiger partial charge on any atom is -0.490 e. The molecule has 0 radical (unpaired) electrons. The van der Waals surface area contributed by atoms with Crippen molar-refractivity contribution in [3.05, 3.63) is 46.7 Å². The third kappa shape index (κ3) is 4.25. The number of hydrogen-bond donors (Lipinski definition) is 1. The monoisotopic (exact) mass is 290 g/mol. The van der Waals surface area contributed by atoms with E-state index >= 15 is 0 Å². The van der Waals surface area contributed by atoms with Gasteiger partial charge in [-0.2, -0.15) is 0 Å². The van der Waals surface area contributed by atoms with Crippen LogP contribution < -0.4 is 10.5 Å². The molecule has 2 N–H and O–H groups in total. The lowest BCUT2D eigenvalue weighted by atomic mass is 10.2. The van der Waals surface area contributed by atoms with Crippen molar-refractivity contribution in [2.24, 2.45) is 0 Å². The summed E-state index contributed by atoms with van der Waals surface area (Å²) in [5.74, 6) is 0.770. The van der Waals surface area contributed by atoms with Crippen LogP contribution >= 0.6 is 11.3 Å².